The first-order chi connectivity index (χ1) is 10.2. The third-order valence-corrected chi connectivity index (χ3v) is 5.14. The van der Waals surface area contributed by atoms with Crippen molar-refractivity contribution in [3.63, 3.8) is 0 Å². The van der Waals surface area contributed by atoms with Crippen LogP contribution in [-0.4, -0.2) is 45.3 Å². The molecule has 112 valence electrons. The van der Waals surface area contributed by atoms with Gasteiger partial charge in [-0.05, 0) is 50.4 Å². The number of hydrogen-bond donors (Lipinski definition) is 1. The van der Waals surface area contributed by atoms with Crippen LogP contribution in [0, 0.1) is 12.8 Å². The van der Waals surface area contributed by atoms with E-state index in [2.05, 4.69) is 33.3 Å². The number of rotatable bonds is 3. The molecule has 5 rings (SSSR count). The minimum atomic E-state index is 0.651. The number of hydrogen-bond acceptors (Lipinski definition) is 4. The second-order valence-corrected chi connectivity index (χ2v) is 6.55. The first-order valence-corrected chi connectivity index (χ1v) is 7.94. The molecule has 1 N–H and O–H groups in total. The average molecular weight is 285 g/mol. The van der Waals surface area contributed by atoms with E-state index in [-0.39, 0.29) is 0 Å². The highest BCUT2D eigenvalue weighted by molar-refractivity contribution is 5.78. The fourth-order valence-corrected chi connectivity index (χ4v) is 3.89. The minimum Gasteiger partial charge on any atom is -0.308 e. The van der Waals surface area contributed by atoms with Crippen LogP contribution in [-0.2, 0) is 13.6 Å². The highest BCUT2D eigenvalue weighted by Crippen LogP contribution is 2.27. The summed E-state index contributed by atoms with van der Waals surface area (Å²) in [6, 6.07) is 2.89. The molecule has 2 aromatic heterocycles. The smallest absolute Gasteiger partial charge is 0.157 e. The van der Waals surface area contributed by atoms with Crippen LogP contribution in [0.3, 0.4) is 0 Å². The zero-order valence-corrected chi connectivity index (χ0v) is 12.8. The van der Waals surface area contributed by atoms with Gasteiger partial charge in [-0.1, -0.05) is 0 Å². The van der Waals surface area contributed by atoms with Gasteiger partial charge in [-0.15, -0.1) is 0 Å². The molecule has 2 bridgehead atoms. The van der Waals surface area contributed by atoms with Gasteiger partial charge in [0.15, 0.2) is 5.65 Å². The maximum absolute atomic E-state index is 4.56. The largest absolute Gasteiger partial charge is 0.308 e. The number of fused-ring (bicyclic) bond motifs is 4. The van der Waals surface area contributed by atoms with Crippen LogP contribution in [0.4, 0.5) is 0 Å². The maximum Gasteiger partial charge on any atom is 0.157 e. The van der Waals surface area contributed by atoms with E-state index in [0.717, 1.165) is 23.8 Å². The molecule has 5 heterocycles. The molecule has 0 aromatic carbocycles. The molecular weight excluding hydrogens is 262 g/mol. The summed E-state index contributed by atoms with van der Waals surface area (Å²) in [6.45, 7) is 6.77. The van der Waals surface area contributed by atoms with Gasteiger partial charge >= 0.3 is 0 Å². The van der Waals surface area contributed by atoms with Crippen LogP contribution in [0.5, 0.6) is 0 Å². The van der Waals surface area contributed by atoms with Crippen molar-refractivity contribution >= 4 is 11.0 Å². The lowest BCUT2D eigenvalue weighted by Gasteiger charge is -2.45. The van der Waals surface area contributed by atoms with Gasteiger partial charge in [0.2, 0.25) is 0 Å². The van der Waals surface area contributed by atoms with Crippen molar-refractivity contribution < 1.29 is 0 Å². The van der Waals surface area contributed by atoms with Crippen molar-refractivity contribution in [2.75, 3.05) is 19.6 Å². The molecule has 2 aromatic rings. The van der Waals surface area contributed by atoms with Gasteiger partial charge in [0.1, 0.15) is 0 Å². The molecule has 5 nitrogen and oxygen atoms in total. The Labute approximate surface area is 125 Å². The molecule has 0 radical (unpaired) electrons. The summed E-state index contributed by atoms with van der Waals surface area (Å²) in [5.41, 5.74) is 3.29. The van der Waals surface area contributed by atoms with Crippen molar-refractivity contribution in [1.29, 1.82) is 0 Å². The minimum absolute atomic E-state index is 0.651. The number of aryl methyl sites for hydroxylation is 2. The van der Waals surface area contributed by atoms with E-state index in [1.54, 1.807) is 0 Å². The van der Waals surface area contributed by atoms with Crippen LogP contribution in [0.2, 0.25) is 0 Å². The fourth-order valence-electron chi connectivity index (χ4n) is 3.89. The number of piperidine rings is 3. The highest BCUT2D eigenvalue weighted by atomic mass is 15.3. The average Bonchev–Trinajstić information content (AvgIpc) is 2.81. The van der Waals surface area contributed by atoms with Gasteiger partial charge < -0.3 is 10.2 Å². The second kappa shape index (κ2) is 5.07. The Morgan fingerprint density at radius 1 is 1.33 bits per heavy atom. The summed E-state index contributed by atoms with van der Waals surface area (Å²) in [5, 5.41) is 9.36. The first-order valence-electron chi connectivity index (χ1n) is 7.94. The van der Waals surface area contributed by atoms with E-state index >= 15 is 0 Å². The Bertz CT molecular complexity index is 654. The van der Waals surface area contributed by atoms with Crippen LogP contribution in [0.1, 0.15) is 24.1 Å². The quantitative estimate of drug-likeness (QED) is 0.927. The van der Waals surface area contributed by atoms with Crippen LogP contribution in [0.25, 0.3) is 11.0 Å². The number of nitrogens with one attached hydrogen (secondary N) is 1. The molecule has 1 atom stereocenters. The molecule has 21 heavy (non-hydrogen) atoms. The fraction of sp³-hybridized carbons (Fsp3) is 0.625. The Morgan fingerprint density at radius 3 is 2.86 bits per heavy atom. The van der Waals surface area contributed by atoms with Gasteiger partial charge in [-0.3, -0.25) is 4.68 Å². The second-order valence-electron chi connectivity index (χ2n) is 6.55. The van der Waals surface area contributed by atoms with Crippen molar-refractivity contribution in [2.24, 2.45) is 13.0 Å². The lowest BCUT2D eigenvalue weighted by molar-refractivity contribution is 0.0720. The number of nitrogens with zero attached hydrogens (tertiary/aromatic N) is 4. The normalized spacial score (nSPS) is 28.4. The Kier molecular flexibility index (Phi) is 3.19. The van der Waals surface area contributed by atoms with Gasteiger partial charge in [0.05, 0.1) is 5.69 Å². The molecule has 0 aliphatic carbocycles. The molecule has 0 spiro atoms. The third kappa shape index (κ3) is 2.34. The van der Waals surface area contributed by atoms with E-state index in [1.807, 2.05) is 17.9 Å². The Balaban J connectivity index is 1.48. The molecule has 3 aliphatic rings. The Hall–Kier alpha value is -1.46. The van der Waals surface area contributed by atoms with Crippen molar-refractivity contribution in [3.8, 4) is 0 Å². The third-order valence-electron chi connectivity index (χ3n) is 5.14. The van der Waals surface area contributed by atoms with Gasteiger partial charge in [-0.25, -0.2) is 4.98 Å². The lowest BCUT2D eigenvalue weighted by atomic mass is 9.84. The van der Waals surface area contributed by atoms with E-state index < -0.39 is 0 Å². The summed E-state index contributed by atoms with van der Waals surface area (Å²) in [6.07, 6.45) is 4.70. The molecule has 0 amide bonds. The lowest BCUT2D eigenvalue weighted by Crippen LogP contribution is -2.55. The predicted octanol–water partition coefficient (Wildman–Crippen LogP) is 1.46. The number of aromatic nitrogens is 3. The zero-order valence-electron chi connectivity index (χ0n) is 12.8. The van der Waals surface area contributed by atoms with Crippen LogP contribution >= 0.6 is 0 Å². The summed E-state index contributed by atoms with van der Waals surface area (Å²) in [4.78, 5) is 7.15. The summed E-state index contributed by atoms with van der Waals surface area (Å²) in [7, 11) is 1.95. The topological polar surface area (TPSA) is 46.0 Å². The van der Waals surface area contributed by atoms with Gasteiger partial charge in [0.25, 0.3) is 0 Å². The maximum atomic E-state index is 4.56. The van der Waals surface area contributed by atoms with Crippen LogP contribution < -0.4 is 5.32 Å². The summed E-state index contributed by atoms with van der Waals surface area (Å²) in [5.74, 6) is 0.867. The van der Waals surface area contributed by atoms with Crippen molar-refractivity contribution in [3.05, 3.63) is 23.5 Å². The van der Waals surface area contributed by atoms with Crippen molar-refractivity contribution in [1.82, 2.24) is 25.0 Å². The van der Waals surface area contributed by atoms with Crippen molar-refractivity contribution in [2.45, 2.75) is 32.4 Å². The Morgan fingerprint density at radius 2 is 2.14 bits per heavy atom. The zero-order chi connectivity index (χ0) is 14.4. The van der Waals surface area contributed by atoms with E-state index in [4.69, 9.17) is 0 Å². The standard InChI is InChI=1S/C16H23N5/c1-11-14-7-12(9-18-16(14)20(2)19-11)8-17-15-10-21-5-3-13(15)4-6-21/h7,9,13,15,17H,3-6,8,10H2,1-2H3. The van der Waals surface area contributed by atoms with Gasteiger partial charge in [-0.2, -0.15) is 5.10 Å². The number of pyridine rings is 1. The molecule has 1 unspecified atom stereocenters. The van der Waals surface area contributed by atoms with Crippen LogP contribution in [0.15, 0.2) is 12.3 Å². The van der Waals surface area contributed by atoms with Gasteiger partial charge in [0, 0.05) is 37.8 Å². The SMILES string of the molecule is Cc1nn(C)c2ncc(CNC3CN4CCC3CC4)cc12. The first kappa shape index (κ1) is 13.2. The predicted molar refractivity (Wildman–Crippen MR) is 83.0 cm³/mol. The molecule has 0 saturated carbocycles. The summed E-state index contributed by atoms with van der Waals surface area (Å²) >= 11 is 0. The molecule has 5 heteroatoms. The van der Waals surface area contributed by atoms with E-state index in [1.165, 1.54) is 43.4 Å². The highest BCUT2D eigenvalue weighted by Gasteiger charge is 2.33. The molecular formula is C16H23N5. The van der Waals surface area contributed by atoms with E-state index in [9.17, 15) is 0 Å². The molecule has 3 aliphatic heterocycles. The monoisotopic (exact) mass is 285 g/mol. The van der Waals surface area contributed by atoms with E-state index in [0.29, 0.717) is 6.04 Å². The summed E-state index contributed by atoms with van der Waals surface area (Å²) < 4.78 is 1.86. The molecule has 3 saturated heterocycles. The molecule has 3 fully saturated rings.